The number of nitrogens with one attached hydrogen (secondary N) is 1. The molecule has 6 heteroatoms. The van der Waals surface area contributed by atoms with Crippen LogP contribution >= 0.6 is 11.6 Å². The van der Waals surface area contributed by atoms with Gasteiger partial charge in [-0.05, 0) is 31.0 Å². The number of likely N-dealkylation sites (tertiary alicyclic amines) is 1. The van der Waals surface area contributed by atoms with Crippen LogP contribution in [0.4, 0.5) is 5.69 Å². The second-order valence-corrected chi connectivity index (χ2v) is 5.36. The Bertz CT molecular complexity index is 499. The van der Waals surface area contributed by atoms with E-state index in [0.29, 0.717) is 31.0 Å². The lowest BCUT2D eigenvalue weighted by Crippen LogP contribution is -2.43. The number of halogens is 1. The smallest absolute Gasteiger partial charge is 0.241 e. The van der Waals surface area contributed by atoms with Crippen LogP contribution in [-0.4, -0.2) is 36.3 Å². The fourth-order valence-electron chi connectivity index (χ4n) is 2.30. The van der Waals surface area contributed by atoms with Gasteiger partial charge in [-0.25, -0.2) is 0 Å². The molecule has 1 aromatic rings. The summed E-state index contributed by atoms with van der Waals surface area (Å²) in [5.41, 5.74) is 6.09. The molecule has 1 aromatic carbocycles. The van der Waals surface area contributed by atoms with Gasteiger partial charge in [0.25, 0.3) is 0 Å². The molecule has 20 heavy (non-hydrogen) atoms. The van der Waals surface area contributed by atoms with Gasteiger partial charge in [0.05, 0.1) is 6.54 Å². The third-order valence-electron chi connectivity index (χ3n) is 3.52. The van der Waals surface area contributed by atoms with Gasteiger partial charge in [-0.15, -0.1) is 0 Å². The van der Waals surface area contributed by atoms with Gasteiger partial charge in [0, 0.05) is 29.7 Å². The predicted octanol–water partition coefficient (Wildman–Crippen LogP) is 1.48. The second-order valence-electron chi connectivity index (χ2n) is 4.92. The van der Waals surface area contributed by atoms with E-state index in [4.69, 9.17) is 17.3 Å². The first kappa shape index (κ1) is 14.7. The minimum atomic E-state index is -0.269. The van der Waals surface area contributed by atoms with Gasteiger partial charge in [0.2, 0.25) is 11.8 Å². The van der Waals surface area contributed by atoms with Gasteiger partial charge >= 0.3 is 0 Å². The molecule has 0 radical (unpaired) electrons. The summed E-state index contributed by atoms with van der Waals surface area (Å²) in [5, 5.41) is 3.68. The van der Waals surface area contributed by atoms with Crippen LogP contribution in [0.1, 0.15) is 12.8 Å². The highest BCUT2D eigenvalue weighted by Crippen LogP contribution is 2.17. The summed E-state index contributed by atoms with van der Waals surface area (Å²) < 4.78 is 0. The molecule has 1 fully saturated rings. The highest BCUT2D eigenvalue weighted by atomic mass is 35.5. The highest BCUT2D eigenvalue weighted by Gasteiger charge is 2.25. The summed E-state index contributed by atoms with van der Waals surface area (Å²) in [6.07, 6.45) is 1.30. The summed E-state index contributed by atoms with van der Waals surface area (Å²) in [6.45, 7) is 1.40. The standard InChI is InChI=1S/C14H18ClN3O2/c15-11-2-1-3-12(8-11)17-9-13(19)18-6-4-10(5-7-18)14(16)20/h1-3,8,10,17H,4-7,9H2,(H2,16,20). The van der Waals surface area contributed by atoms with Crippen LogP contribution in [0.2, 0.25) is 5.02 Å². The van der Waals surface area contributed by atoms with Crippen LogP contribution in [0.25, 0.3) is 0 Å². The molecule has 1 saturated heterocycles. The quantitative estimate of drug-likeness (QED) is 0.883. The SMILES string of the molecule is NC(=O)C1CCN(C(=O)CNc2cccc(Cl)c2)CC1. The van der Waals surface area contributed by atoms with Crippen LogP contribution in [0, 0.1) is 5.92 Å². The summed E-state index contributed by atoms with van der Waals surface area (Å²) >= 11 is 5.88. The molecule has 0 bridgehead atoms. The number of benzene rings is 1. The first-order valence-corrected chi connectivity index (χ1v) is 7.00. The highest BCUT2D eigenvalue weighted by molar-refractivity contribution is 6.30. The van der Waals surface area contributed by atoms with Gasteiger partial charge in [-0.1, -0.05) is 17.7 Å². The van der Waals surface area contributed by atoms with E-state index >= 15 is 0 Å². The number of nitrogens with zero attached hydrogens (tertiary/aromatic N) is 1. The monoisotopic (exact) mass is 295 g/mol. The number of rotatable bonds is 4. The number of hydrogen-bond acceptors (Lipinski definition) is 3. The summed E-state index contributed by atoms with van der Waals surface area (Å²) in [4.78, 5) is 24.9. The number of amides is 2. The van der Waals surface area contributed by atoms with E-state index in [2.05, 4.69) is 5.32 Å². The molecule has 1 heterocycles. The molecule has 2 amide bonds. The van der Waals surface area contributed by atoms with Crippen molar-refractivity contribution in [3.05, 3.63) is 29.3 Å². The van der Waals surface area contributed by atoms with E-state index in [9.17, 15) is 9.59 Å². The lowest BCUT2D eigenvalue weighted by atomic mass is 9.96. The molecular weight excluding hydrogens is 278 g/mol. The Morgan fingerprint density at radius 1 is 1.35 bits per heavy atom. The maximum Gasteiger partial charge on any atom is 0.241 e. The average Bonchev–Trinajstić information content (AvgIpc) is 2.45. The maximum atomic E-state index is 12.0. The summed E-state index contributed by atoms with van der Waals surface area (Å²) in [6, 6.07) is 7.24. The minimum absolute atomic E-state index is 0.0212. The number of nitrogens with two attached hydrogens (primary N) is 1. The van der Waals surface area contributed by atoms with Gasteiger partial charge in [-0.3, -0.25) is 9.59 Å². The molecule has 1 aliphatic heterocycles. The maximum absolute atomic E-state index is 12.0. The molecule has 108 valence electrons. The van der Waals surface area contributed by atoms with Crippen molar-refractivity contribution >= 4 is 29.1 Å². The zero-order valence-electron chi connectivity index (χ0n) is 11.1. The molecule has 0 saturated carbocycles. The molecule has 0 aromatic heterocycles. The predicted molar refractivity (Wildman–Crippen MR) is 78.4 cm³/mol. The summed E-state index contributed by atoms with van der Waals surface area (Å²) in [7, 11) is 0. The van der Waals surface area contributed by atoms with Gasteiger partial charge in [0.1, 0.15) is 0 Å². The van der Waals surface area contributed by atoms with Crippen molar-refractivity contribution in [1.29, 1.82) is 0 Å². The van der Waals surface area contributed by atoms with Gasteiger partial charge < -0.3 is 16.0 Å². The van der Waals surface area contributed by atoms with E-state index in [-0.39, 0.29) is 24.3 Å². The molecule has 0 unspecified atom stereocenters. The molecule has 0 atom stereocenters. The van der Waals surface area contributed by atoms with Crippen molar-refractivity contribution in [3.8, 4) is 0 Å². The Balaban J connectivity index is 1.80. The first-order chi connectivity index (χ1) is 9.56. The van der Waals surface area contributed by atoms with E-state index in [1.165, 1.54) is 0 Å². The largest absolute Gasteiger partial charge is 0.376 e. The van der Waals surface area contributed by atoms with Gasteiger partial charge in [-0.2, -0.15) is 0 Å². The molecule has 5 nitrogen and oxygen atoms in total. The van der Waals surface area contributed by atoms with Crippen LogP contribution in [0.3, 0.4) is 0 Å². The third-order valence-corrected chi connectivity index (χ3v) is 3.75. The number of primary amides is 1. The first-order valence-electron chi connectivity index (χ1n) is 6.63. The summed E-state index contributed by atoms with van der Waals surface area (Å²) in [5.74, 6) is -0.345. The number of carbonyl (C=O) groups is 2. The van der Waals surface area contributed by atoms with E-state index in [1.54, 1.807) is 17.0 Å². The van der Waals surface area contributed by atoms with Crippen LogP contribution in [0.5, 0.6) is 0 Å². The average molecular weight is 296 g/mol. The van der Waals surface area contributed by atoms with E-state index in [1.807, 2.05) is 12.1 Å². The van der Waals surface area contributed by atoms with E-state index in [0.717, 1.165) is 5.69 Å². The fraction of sp³-hybridized carbons (Fsp3) is 0.429. The Morgan fingerprint density at radius 3 is 2.65 bits per heavy atom. The van der Waals surface area contributed by atoms with Crippen molar-refractivity contribution in [2.24, 2.45) is 11.7 Å². The van der Waals surface area contributed by atoms with Crippen molar-refractivity contribution in [2.75, 3.05) is 25.0 Å². The second kappa shape index (κ2) is 6.61. The Kier molecular flexibility index (Phi) is 4.84. The molecule has 0 spiro atoms. The zero-order chi connectivity index (χ0) is 14.5. The van der Waals surface area contributed by atoms with Crippen molar-refractivity contribution in [3.63, 3.8) is 0 Å². The molecule has 2 rings (SSSR count). The third kappa shape index (κ3) is 3.87. The lowest BCUT2D eigenvalue weighted by Gasteiger charge is -2.30. The Labute approximate surface area is 123 Å². The Morgan fingerprint density at radius 2 is 2.05 bits per heavy atom. The van der Waals surface area contributed by atoms with Crippen LogP contribution in [0.15, 0.2) is 24.3 Å². The van der Waals surface area contributed by atoms with Crippen molar-refractivity contribution in [1.82, 2.24) is 4.90 Å². The minimum Gasteiger partial charge on any atom is -0.376 e. The number of piperidine rings is 1. The molecular formula is C14H18ClN3O2. The Hall–Kier alpha value is -1.75. The van der Waals surface area contributed by atoms with E-state index < -0.39 is 0 Å². The number of hydrogen-bond donors (Lipinski definition) is 2. The molecule has 1 aliphatic rings. The lowest BCUT2D eigenvalue weighted by molar-refractivity contribution is -0.133. The fourth-order valence-corrected chi connectivity index (χ4v) is 2.49. The normalized spacial score (nSPS) is 15.9. The number of anilines is 1. The van der Waals surface area contributed by atoms with Crippen LogP contribution in [-0.2, 0) is 9.59 Å². The van der Waals surface area contributed by atoms with Crippen LogP contribution < -0.4 is 11.1 Å². The topological polar surface area (TPSA) is 75.4 Å². The zero-order valence-corrected chi connectivity index (χ0v) is 11.9. The van der Waals surface area contributed by atoms with Gasteiger partial charge in [0.15, 0.2) is 0 Å². The van der Waals surface area contributed by atoms with Crippen molar-refractivity contribution < 1.29 is 9.59 Å². The molecule has 0 aliphatic carbocycles. The number of carbonyl (C=O) groups excluding carboxylic acids is 2. The molecule has 3 N–H and O–H groups in total. The van der Waals surface area contributed by atoms with Crippen molar-refractivity contribution in [2.45, 2.75) is 12.8 Å².